The molecule has 0 fully saturated rings. The molecule has 0 bridgehead atoms. The first kappa shape index (κ1) is 9.51. The highest BCUT2D eigenvalue weighted by atomic mass is 16.5. The average molecular weight is 180 g/mol. The van der Waals surface area contributed by atoms with E-state index in [1.165, 1.54) is 0 Å². The van der Waals surface area contributed by atoms with E-state index in [1.54, 1.807) is 25.4 Å². The number of aryl methyl sites for hydroxylation is 1. The third-order valence-electron chi connectivity index (χ3n) is 1.52. The summed E-state index contributed by atoms with van der Waals surface area (Å²) >= 11 is 0. The highest BCUT2D eigenvalue weighted by Crippen LogP contribution is 2.09. The number of carbonyl (C=O) groups excluding carboxylic acids is 1. The maximum Gasteiger partial charge on any atom is 0.257 e. The van der Waals surface area contributed by atoms with Crippen molar-refractivity contribution in [3.63, 3.8) is 0 Å². The predicted octanol–water partition coefficient (Wildman–Crippen LogP) is 0.515. The molecule has 0 aromatic carbocycles. The topological polar surface area (TPSA) is 51.2 Å². The van der Waals surface area contributed by atoms with E-state index in [2.05, 4.69) is 10.3 Å². The lowest BCUT2D eigenvalue weighted by Crippen LogP contribution is -2.24. The molecule has 0 unspecified atom stereocenters. The van der Waals surface area contributed by atoms with Gasteiger partial charge in [-0.15, -0.1) is 0 Å². The fourth-order valence-electron chi connectivity index (χ4n) is 0.830. The van der Waals surface area contributed by atoms with Crippen molar-refractivity contribution in [3.8, 4) is 5.75 Å². The highest BCUT2D eigenvalue weighted by molar-refractivity contribution is 5.77. The van der Waals surface area contributed by atoms with Gasteiger partial charge in [0, 0.05) is 25.0 Å². The molecule has 4 nitrogen and oxygen atoms in total. The minimum atomic E-state index is -0.144. The van der Waals surface area contributed by atoms with Crippen LogP contribution in [0.25, 0.3) is 0 Å². The Morgan fingerprint density at radius 1 is 1.69 bits per heavy atom. The molecule has 0 radical (unpaired) electrons. The molecule has 0 spiro atoms. The molecule has 0 aliphatic rings. The van der Waals surface area contributed by atoms with Crippen molar-refractivity contribution in [2.75, 3.05) is 13.7 Å². The third-order valence-corrected chi connectivity index (χ3v) is 1.52. The monoisotopic (exact) mass is 180 g/mol. The van der Waals surface area contributed by atoms with Crippen LogP contribution in [-0.4, -0.2) is 24.5 Å². The summed E-state index contributed by atoms with van der Waals surface area (Å²) < 4.78 is 5.19. The number of aromatic nitrogens is 1. The highest BCUT2D eigenvalue weighted by Gasteiger charge is 1.99. The molecule has 0 saturated carbocycles. The average Bonchev–Trinajstić information content (AvgIpc) is 2.14. The van der Waals surface area contributed by atoms with E-state index in [0.717, 1.165) is 5.69 Å². The number of carbonyl (C=O) groups is 1. The number of likely N-dealkylation sites (N-methyl/N-ethyl adjacent to an activating group) is 1. The molecule has 1 heterocycles. The van der Waals surface area contributed by atoms with Crippen molar-refractivity contribution >= 4 is 5.91 Å². The molecule has 1 N–H and O–H groups in total. The van der Waals surface area contributed by atoms with Crippen LogP contribution < -0.4 is 10.1 Å². The Balaban J connectivity index is 2.50. The van der Waals surface area contributed by atoms with Gasteiger partial charge in [-0.1, -0.05) is 0 Å². The van der Waals surface area contributed by atoms with Gasteiger partial charge in [0.1, 0.15) is 5.75 Å². The number of amides is 1. The first-order valence-electron chi connectivity index (χ1n) is 3.98. The molecule has 0 atom stereocenters. The number of hydrogen-bond acceptors (Lipinski definition) is 3. The lowest BCUT2D eigenvalue weighted by atomic mass is 10.3. The van der Waals surface area contributed by atoms with Gasteiger partial charge >= 0.3 is 0 Å². The van der Waals surface area contributed by atoms with Crippen molar-refractivity contribution in [2.45, 2.75) is 6.92 Å². The number of hydrogen-bond donors (Lipinski definition) is 1. The quantitative estimate of drug-likeness (QED) is 0.737. The summed E-state index contributed by atoms with van der Waals surface area (Å²) in [4.78, 5) is 14.8. The van der Waals surface area contributed by atoms with Gasteiger partial charge in [0.15, 0.2) is 6.61 Å². The molecule has 13 heavy (non-hydrogen) atoms. The van der Waals surface area contributed by atoms with Crippen LogP contribution in [0, 0.1) is 6.92 Å². The summed E-state index contributed by atoms with van der Waals surface area (Å²) in [6, 6.07) is 3.50. The SMILES string of the molecule is CNC(=O)COc1ccnc(C)c1. The second-order valence-corrected chi connectivity index (χ2v) is 2.59. The first-order chi connectivity index (χ1) is 6.22. The number of ether oxygens (including phenoxy) is 1. The van der Waals surface area contributed by atoms with Crippen LogP contribution in [0.1, 0.15) is 5.69 Å². The van der Waals surface area contributed by atoms with Crippen LogP contribution >= 0.6 is 0 Å². The van der Waals surface area contributed by atoms with Gasteiger partial charge in [-0.3, -0.25) is 9.78 Å². The van der Waals surface area contributed by atoms with Gasteiger partial charge in [-0.05, 0) is 13.0 Å². The van der Waals surface area contributed by atoms with E-state index in [-0.39, 0.29) is 12.5 Å². The fraction of sp³-hybridized carbons (Fsp3) is 0.333. The van der Waals surface area contributed by atoms with E-state index in [9.17, 15) is 4.79 Å². The van der Waals surface area contributed by atoms with Gasteiger partial charge < -0.3 is 10.1 Å². The Hall–Kier alpha value is -1.58. The molecule has 4 heteroatoms. The number of nitrogens with zero attached hydrogens (tertiary/aromatic N) is 1. The Labute approximate surface area is 76.9 Å². The Morgan fingerprint density at radius 3 is 3.08 bits per heavy atom. The summed E-state index contributed by atoms with van der Waals surface area (Å²) in [5.74, 6) is 0.519. The summed E-state index contributed by atoms with van der Waals surface area (Å²) in [6.07, 6.45) is 1.65. The Kier molecular flexibility index (Phi) is 3.25. The van der Waals surface area contributed by atoms with E-state index < -0.39 is 0 Å². The molecule has 0 saturated heterocycles. The van der Waals surface area contributed by atoms with Crippen molar-refractivity contribution in [2.24, 2.45) is 0 Å². The second-order valence-electron chi connectivity index (χ2n) is 2.59. The minimum Gasteiger partial charge on any atom is -0.484 e. The van der Waals surface area contributed by atoms with Crippen molar-refractivity contribution in [1.29, 1.82) is 0 Å². The smallest absolute Gasteiger partial charge is 0.257 e. The summed E-state index contributed by atoms with van der Waals surface area (Å²) in [5.41, 5.74) is 0.870. The Morgan fingerprint density at radius 2 is 2.46 bits per heavy atom. The van der Waals surface area contributed by atoms with Crippen LogP contribution in [0.5, 0.6) is 5.75 Å². The van der Waals surface area contributed by atoms with Crippen LogP contribution in [-0.2, 0) is 4.79 Å². The molecule has 0 aliphatic carbocycles. The van der Waals surface area contributed by atoms with E-state index >= 15 is 0 Å². The summed E-state index contributed by atoms with van der Waals surface area (Å²) in [5, 5.41) is 2.47. The number of nitrogens with one attached hydrogen (secondary N) is 1. The van der Waals surface area contributed by atoms with Gasteiger partial charge in [0.2, 0.25) is 0 Å². The lowest BCUT2D eigenvalue weighted by Gasteiger charge is -2.04. The normalized spacial score (nSPS) is 9.38. The molecule has 1 aromatic heterocycles. The standard InChI is InChI=1S/C9H12N2O2/c1-7-5-8(3-4-11-7)13-6-9(12)10-2/h3-5H,6H2,1-2H3,(H,10,12). The minimum absolute atomic E-state index is 0.0416. The first-order valence-corrected chi connectivity index (χ1v) is 3.98. The van der Waals surface area contributed by atoms with Crippen LogP contribution in [0.4, 0.5) is 0 Å². The van der Waals surface area contributed by atoms with Crippen molar-refractivity contribution < 1.29 is 9.53 Å². The molecule has 0 aliphatic heterocycles. The third kappa shape index (κ3) is 3.11. The van der Waals surface area contributed by atoms with Crippen LogP contribution in [0.2, 0.25) is 0 Å². The van der Waals surface area contributed by atoms with Crippen LogP contribution in [0.3, 0.4) is 0 Å². The molecule has 1 rings (SSSR count). The largest absolute Gasteiger partial charge is 0.484 e. The summed E-state index contributed by atoms with van der Waals surface area (Å²) in [6.45, 7) is 1.91. The Bertz CT molecular complexity index is 299. The zero-order valence-electron chi connectivity index (χ0n) is 7.70. The van der Waals surface area contributed by atoms with Gasteiger partial charge in [0.05, 0.1) is 0 Å². The van der Waals surface area contributed by atoms with Crippen LogP contribution in [0.15, 0.2) is 18.3 Å². The van der Waals surface area contributed by atoms with E-state index in [0.29, 0.717) is 5.75 Å². The maximum atomic E-state index is 10.8. The van der Waals surface area contributed by atoms with Crippen molar-refractivity contribution in [1.82, 2.24) is 10.3 Å². The van der Waals surface area contributed by atoms with Gasteiger partial charge in [-0.25, -0.2) is 0 Å². The number of rotatable bonds is 3. The molecular weight excluding hydrogens is 168 g/mol. The van der Waals surface area contributed by atoms with Gasteiger partial charge in [-0.2, -0.15) is 0 Å². The molecule has 1 aromatic rings. The van der Waals surface area contributed by atoms with Crippen molar-refractivity contribution in [3.05, 3.63) is 24.0 Å². The number of pyridine rings is 1. The molecule has 70 valence electrons. The molecular formula is C9H12N2O2. The zero-order valence-corrected chi connectivity index (χ0v) is 7.70. The molecule has 1 amide bonds. The maximum absolute atomic E-state index is 10.8. The van der Waals surface area contributed by atoms with E-state index in [1.807, 2.05) is 6.92 Å². The second kappa shape index (κ2) is 4.45. The predicted molar refractivity (Wildman–Crippen MR) is 48.5 cm³/mol. The van der Waals surface area contributed by atoms with E-state index in [4.69, 9.17) is 4.74 Å². The lowest BCUT2D eigenvalue weighted by molar-refractivity contribution is -0.122. The van der Waals surface area contributed by atoms with Gasteiger partial charge in [0.25, 0.3) is 5.91 Å². The zero-order chi connectivity index (χ0) is 9.68. The fourth-order valence-corrected chi connectivity index (χ4v) is 0.830. The summed E-state index contributed by atoms with van der Waals surface area (Å²) in [7, 11) is 1.57.